The molecule has 1 aromatic heterocycles. The van der Waals surface area contributed by atoms with Crippen LogP contribution in [-0.4, -0.2) is 29.7 Å². The lowest BCUT2D eigenvalue weighted by atomic mass is 10.2. The molecule has 0 spiro atoms. The summed E-state index contributed by atoms with van der Waals surface area (Å²) in [6.45, 7) is 0.586. The highest BCUT2D eigenvalue weighted by molar-refractivity contribution is 6.53. The summed E-state index contributed by atoms with van der Waals surface area (Å²) in [6.07, 6.45) is 3.54. The molecular weight excluding hydrogens is 277 g/mol. The SMILES string of the molecule is C[n+]1cccc(C(=O)NCCNC(=O)C(Cl)Cl)c1. The van der Waals surface area contributed by atoms with Crippen molar-refractivity contribution in [3.05, 3.63) is 30.1 Å². The molecule has 0 aliphatic carbocycles. The first-order chi connectivity index (χ1) is 8.50. The number of pyridine rings is 1. The quantitative estimate of drug-likeness (QED) is 0.461. The molecule has 1 heterocycles. The minimum atomic E-state index is -1.09. The number of hydrogen-bond acceptors (Lipinski definition) is 2. The van der Waals surface area contributed by atoms with Crippen LogP contribution in [0.2, 0.25) is 0 Å². The van der Waals surface area contributed by atoms with Crippen LogP contribution in [0.15, 0.2) is 24.5 Å². The molecule has 2 N–H and O–H groups in total. The van der Waals surface area contributed by atoms with Gasteiger partial charge in [-0.1, -0.05) is 23.2 Å². The molecule has 1 aromatic rings. The molecule has 0 saturated heterocycles. The van der Waals surface area contributed by atoms with E-state index in [-0.39, 0.29) is 12.5 Å². The van der Waals surface area contributed by atoms with Crippen molar-refractivity contribution in [2.24, 2.45) is 7.05 Å². The number of carbonyl (C=O) groups excluding carboxylic acids is 2. The zero-order valence-electron chi connectivity index (χ0n) is 9.82. The summed E-state index contributed by atoms with van der Waals surface area (Å²) in [6, 6.07) is 3.49. The summed E-state index contributed by atoms with van der Waals surface area (Å²) in [4.78, 5) is 21.6. The molecule has 0 radical (unpaired) electrons. The molecule has 0 bridgehead atoms. The summed E-state index contributed by atoms with van der Waals surface area (Å²) >= 11 is 10.7. The molecule has 0 fully saturated rings. The van der Waals surface area contributed by atoms with Gasteiger partial charge >= 0.3 is 0 Å². The number of nitrogens with one attached hydrogen (secondary N) is 2. The third kappa shape index (κ3) is 4.89. The molecule has 0 aromatic carbocycles. The van der Waals surface area contributed by atoms with Crippen LogP contribution < -0.4 is 15.2 Å². The lowest BCUT2D eigenvalue weighted by Gasteiger charge is -2.06. The van der Waals surface area contributed by atoms with Gasteiger partial charge in [0, 0.05) is 19.2 Å². The van der Waals surface area contributed by atoms with Crippen LogP contribution in [0.4, 0.5) is 0 Å². The Balaban J connectivity index is 2.32. The third-order valence-electron chi connectivity index (χ3n) is 2.11. The molecule has 5 nitrogen and oxygen atoms in total. The Bertz CT molecular complexity index is 438. The summed E-state index contributed by atoms with van der Waals surface area (Å²) in [7, 11) is 1.83. The number of rotatable bonds is 5. The first-order valence-electron chi connectivity index (χ1n) is 5.30. The van der Waals surface area contributed by atoms with Crippen molar-refractivity contribution in [2.45, 2.75) is 4.84 Å². The maximum Gasteiger partial charge on any atom is 0.257 e. The monoisotopic (exact) mass is 290 g/mol. The van der Waals surface area contributed by atoms with Crippen molar-refractivity contribution in [3.63, 3.8) is 0 Å². The zero-order chi connectivity index (χ0) is 13.5. The zero-order valence-corrected chi connectivity index (χ0v) is 11.3. The Morgan fingerprint density at radius 1 is 1.33 bits per heavy atom. The van der Waals surface area contributed by atoms with E-state index in [1.54, 1.807) is 22.9 Å². The summed E-state index contributed by atoms with van der Waals surface area (Å²) in [5.41, 5.74) is 0.555. The van der Waals surface area contributed by atoms with Gasteiger partial charge in [0.1, 0.15) is 12.6 Å². The second kappa shape index (κ2) is 7.18. The van der Waals surface area contributed by atoms with Gasteiger partial charge in [0.2, 0.25) is 0 Å². The topological polar surface area (TPSA) is 62.1 Å². The molecule has 0 atom stereocenters. The Morgan fingerprint density at radius 2 is 2.00 bits per heavy atom. The highest BCUT2D eigenvalue weighted by atomic mass is 35.5. The van der Waals surface area contributed by atoms with Crippen LogP contribution in [-0.2, 0) is 11.8 Å². The normalized spacial score (nSPS) is 10.2. The predicted octanol–water partition coefficient (Wildman–Crippen LogP) is 0.161. The van der Waals surface area contributed by atoms with Crippen LogP contribution in [0.25, 0.3) is 0 Å². The minimum absolute atomic E-state index is 0.200. The van der Waals surface area contributed by atoms with E-state index in [1.165, 1.54) is 0 Å². The van der Waals surface area contributed by atoms with E-state index >= 15 is 0 Å². The van der Waals surface area contributed by atoms with Crippen molar-refractivity contribution in [3.8, 4) is 0 Å². The van der Waals surface area contributed by atoms with Crippen molar-refractivity contribution in [1.82, 2.24) is 10.6 Å². The number of amides is 2. The number of alkyl halides is 2. The maximum atomic E-state index is 11.7. The minimum Gasteiger partial charge on any atom is -0.352 e. The molecule has 0 aliphatic heterocycles. The second-order valence-electron chi connectivity index (χ2n) is 3.61. The Hall–Kier alpha value is -1.33. The van der Waals surface area contributed by atoms with Crippen LogP contribution >= 0.6 is 23.2 Å². The van der Waals surface area contributed by atoms with Crippen LogP contribution in [0.5, 0.6) is 0 Å². The van der Waals surface area contributed by atoms with Gasteiger partial charge in [-0.15, -0.1) is 0 Å². The third-order valence-corrected chi connectivity index (χ3v) is 2.51. The molecule has 0 unspecified atom stereocenters. The van der Waals surface area contributed by atoms with E-state index in [1.807, 2.05) is 13.2 Å². The van der Waals surface area contributed by atoms with Crippen molar-refractivity contribution < 1.29 is 14.2 Å². The van der Waals surface area contributed by atoms with Gasteiger partial charge in [-0.05, 0) is 6.07 Å². The van der Waals surface area contributed by atoms with E-state index in [4.69, 9.17) is 23.2 Å². The van der Waals surface area contributed by atoms with Crippen molar-refractivity contribution in [1.29, 1.82) is 0 Å². The first kappa shape index (κ1) is 14.7. The Kier molecular flexibility index (Phi) is 5.88. The summed E-state index contributed by atoms with van der Waals surface area (Å²) in [5.74, 6) is -0.674. The number of hydrogen-bond donors (Lipinski definition) is 2. The van der Waals surface area contributed by atoms with Gasteiger partial charge in [0.25, 0.3) is 11.8 Å². The highest BCUT2D eigenvalue weighted by Crippen LogP contribution is 1.99. The fourth-order valence-corrected chi connectivity index (χ4v) is 1.42. The van der Waals surface area contributed by atoms with Crippen LogP contribution in [0.1, 0.15) is 10.4 Å². The Labute approximate surface area is 115 Å². The van der Waals surface area contributed by atoms with Crippen molar-refractivity contribution >= 4 is 35.0 Å². The van der Waals surface area contributed by atoms with Gasteiger partial charge in [0.15, 0.2) is 17.2 Å². The number of nitrogens with zero attached hydrogens (tertiary/aromatic N) is 1. The second-order valence-corrected chi connectivity index (χ2v) is 4.70. The van der Waals surface area contributed by atoms with E-state index in [0.29, 0.717) is 12.1 Å². The highest BCUT2D eigenvalue weighted by Gasteiger charge is 2.11. The molecular formula is C11H14Cl2N3O2+. The first-order valence-corrected chi connectivity index (χ1v) is 6.17. The van der Waals surface area contributed by atoms with E-state index < -0.39 is 10.7 Å². The smallest absolute Gasteiger partial charge is 0.257 e. The summed E-state index contributed by atoms with van der Waals surface area (Å²) in [5, 5.41) is 5.14. The summed E-state index contributed by atoms with van der Waals surface area (Å²) < 4.78 is 1.78. The molecule has 1 rings (SSSR count). The Morgan fingerprint density at radius 3 is 2.61 bits per heavy atom. The van der Waals surface area contributed by atoms with Crippen LogP contribution in [0, 0.1) is 0 Å². The maximum absolute atomic E-state index is 11.7. The lowest BCUT2D eigenvalue weighted by molar-refractivity contribution is -0.671. The standard InChI is InChI=1S/C11H13Cl2N3O2/c1-16-6-2-3-8(7-16)10(17)14-4-5-15-11(18)9(12)13/h2-3,6-7,9H,4-5H2,1H3,(H-,14,15,17,18)/p+1. The molecule has 7 heteroatoms. The fraction of sp³-hybridized carbons (Fsp3) is 0.364. The molecule has 0 saturated carbocycles. The van der Waals surface area contributed by atoms with E-state index in [9.17, 15) is 9.59 Å². The largest absolute Gasteiger partial charge is 0.352 e. The molecule has 98 valence electrons. The van der Waals surface area contributed by atoms with E-state index in [0.717, 1.165) is 0 Å². The van der Waals surface area contributed by atoms with Gasteiger partial charge in [-0.25, -0.2) is 4.57 Å². The average molecular weight is 291 g/mol. The van der Waals surface area contributed by atoms with Crippen LogP contribution in [0.3, 0.4) is 0 Å². The van der Waals surface area contributed by atoms with Gasteiger partial charge in [-0.3, -0.25) is 9.59 Å². The lowest BCUT2D eigenvalue weighted by Crippen LogP contribution is -2.37. The number of aromatic nitrogens is 1. The van der Waals surface area contributed by atoms with Gasteiger partial charge in [0.05, 0.1) is 0 Å². The van der Waals surface area contributed by atoms with E-state index in [2.05, 4.69) is 10.6 Å². The fourth-order valence-electron chi connectivity index (χ4n) is 1.26. The van der Waals surface area contributed by atoms with Gasteiger partial charge < -0.3 is 10.6 Å². The molecule has 0 aliphatic rings. The van der Waals surface area contributed by atoms with Gasteiger partial charge in [-0.2, -0.15) is 0 Å². The number of carbonyl (C=O) groups is 2. The number of halogens is 2. The predicted molar refractivity (Wildman–Crippen MR) is 68.5 cm³/mol. The average Bonchev–Trinajstić information content (AvgIpc) is 2.33. The molecule has 18 heavy (non-hydrogen) atoms. The molecule has 2 amide bonds. The van der Waals surface area contributed by atoms with Crippen molar-refractivity contribution in [2.75, 3.05) is 13.1 Å². The number of aryl methyl sites for hydroxylation is 1.